The van der Waals surface area contributed by atoms with Crippen LogP contribution in [0.15, 0.2) is 42.2 Å². The van der Waals surface area contributed by atoms with E-state index in [0.717, 1.165) is 0 Å². The van der Waals surface area contributed by atoms with Gasteiger partial charge in [0.05, 0.1) is 12.7 Å². The molecule has 0 bridgehead atoms. The van der Waals surface area contributed by atoms with Gasteiger partial charge in [0.25, 0.3) is 0 Å². The summed E-state index contributed by atoms with van der Waals surface area (Å²) in [5.41, 5.74) is 0. The fourth-order valence-electron chi connectivity index (χ4n) is 1.05. The maximum atomic E-state index is 11.1. The number of para-hydroxylation sites is 1. The van der Waals surface area contributed by atoms with E-state index in [9.17, 15) is 4.79 Å². The van der Waals surface area contributed by atoms with Crippen LogP contribution in [0.3, 0.4) is 0 Å². The van der Waals surface area contributed by atoms with Crippen molar-refractivity contribution >= 4 is 5.97 Å². The van der Waals surface area contributed by atoms with Gasteiger partial charge in [0.15, 0.2) is 0 Å². The predicted octanol–water partition coefficient (Wildman–Crippen LogP) is 2.53. The Kier molecular flexibility index (Phi) is 4.41. The Hall–Kier alpha value is -1.77. The first-order valence-corrected chi connectivity index (χ1v) is 4.80. The molecule has 0 heterocycles. The van der Waals surface area contributed by atoms with E-state index in [1.807, 2.05) is 30.3 Å². The van der Waals surface area contributed by atoms with Gasteiger partial charge in [-0.3, -0.25) is 0 Å². The molecule has 0 aromatic heterocycles. The van der Waals surface area contributed by atoms with Gasteiger partial charge in [-0.2, -0.15) is 0 Å². The molecule has 80 valence electrons. The summed E-state index contributed by atoms with van der Waals surface area (Å²) < 4.78 is 10.1. The summed E-state index contributed by atoms with van der Waals surface area (Å²) >= 11 is 0. The molecule has 0 fully saturated rings. The van der Waals surface area contributed by atoms with Gasteiger partial charge in [-0.15, -0.1) is 0 Å². The minimum Gasteiger partial charge on any atom is -0.463 e. The number of allylic oxidation sites excluding steroid dienone is 1. The van der Waals surface area contributed by atoms with Gasteiger partial charge in [-0.05, 0) is 26.0 Å². The molecular formula is C12H14O3. The van der Waals surface area contributed by atoms with Crippen LogP contribution in [-0.4, -0.2) is 12.6 Å². The summed E-state index contributed by atoms with van der Waals surface area (Å²) in [6.07, 6.45) is 1.33. The molecular weight excluding hydrogens is 192 g/mol. The molecule has 1 aromatic rings. The summed E-state index contributed by atoms with van der Waals surface area (Å²) in [6, 6.07) is 9.28. The lowest BCUT2D eigenvalue weighted by Crippen LogP contribution is -2.02. The SMILES string of the molecule is CCOC(=O)C=C(C)Oc1ccccc1. The molecule has 0 aliphatic carbocycles. The van der Waals surface area contributed by atoms with Crippen molar-refractivity contribution in [2.45, 2.75) is 13.8 Å². The van der Waals surface area contributed by atoms with Crippen molar-refractivity contribution in [3.05, 3.63) is 42.2 Å². The van der Waals surface area contributed by atoms with E-state index in [-0.39, 0.29) is 5.97 Å². The fourth-order valence-corrected chi connectivity index (χ4v) is 1.05. The molecule has 1 aromatic carbocycles. The molecule has 3 nitrogen and oxygen atoms in total. The highest BCUT2D eigenvalue weighted by molar-refractivity contribution is 5.82. The minimum absolute atomic E-state index is 0.369. The molecule has 0 saturated carbocycles. The van der Waals surface area contributed by atoms with E-state index < -0.39 is 0 Å². The van der Waals surface area contributed by atoms with E-state index in [4.69, 9.17) is 9.47 Å². The van der Waals surface area contributed by atoms with Crippen LogP contribution >= 0.6 is 0 Å². The van der Waals surface area contributed by atoms with E-state index in [2.05, 4.69) is 0 Å². The average molecular weight is 206 g/mol. The zero-order valence-electron chi connectivity index (χ0n) is 8.90. The highest BCUT2D eigenvalue weighted by atomic mass is 16.5. The van der Waals surface area contributed by atoms with Crippen molar-refractivity contribution in [1.29, 1.82) is 0 Å². The second kappa shape index (κ2) is 5.86. The molecule has 0 spiro atoms. The van der Waals surface area contributed by atoms with Crippen LogP contribution in [-0.2, 0) is 9.53 Å². The molecule has 0 N–H and O–H groups in total. The summed E-state index contributed by atoms with van der Waals surface area (Å²) in [5.74, 6) is 0.834. The van der Waals surface area contributed by atoms with E-state index >= 15 is 0 Å². The monoisotopic (exact) mass is 206 g/mol. The van der Waals surface area contributed by atoms with Crippen LogP contribution < -0.4 is 4.74 Å². The summed E-state index contributed by atoms with van der Waals surface area (Å²) in [6.45, 7) is 3.84. The Labute approximate surface area is 89.3 Å². The molecule has 0 aliphatic heterocycles. The molecule has 1 rings (SSSR count). The van der Waals surface area contributed by atoms with Crippen molar-refractivity contribution < 1.29 is 14.3 Å². The number of hydrogen-bond donors (Lipinski definition) is 0. The van der Waals surface area contributed by atoms with Crippen molar-refractivity contribution in [2.75, 3.05) is 6.61 Å². The zero-order valence-corrected chi connectivity index (χ0v) is 8.90. The fraction of sp³-hybridized carbons (Fsp3) is 0.250. The van der Waals surface area contributed by atoms with E-state index in [0.29, 0.717) is 18.1 Å². The average Bonchev–Trinajstić information content (AvgIpc) is 2.19. The standard InChI is InChI=1S/C12H14O3/c1-3-14-12(13)9-10(2)15-11-7-5-4-6-8-11/h4-9H,3H2,1-2H3. The lowest BCUT2D eigenvalue weighted by molar-refractivity contribution is -0.137. The van der Waals surface area contributed by atoms with Crippen molar-refractivity contribution in [3.8, 4) is 5.75 Å². The van der Waals surface area contributed by atoms with Crippen molar-refractivity contribution in [3.63, 3.8) is 0 Å². The molecule has 0 atom stereocenters. The van der Waals surface area contributed by atoms with E-state index in [1.165, 1.54) is 6.08 Å². The molecule has 3 heteroatoms. The third kappa shape index (κ3) is 4.31. The van der Waals surface area contributed by atoms with Gasteiger partial charge >= 0.3 is 5.97 Å². The molecule has 0 radical (unpaired) electrons. The molecule has 0 unspecified atom stereocenters. The van der Waals surface area contributed by atoms with Gasteiger partial charge in [-0.25, -0.2) is 4.79 Å². The second-order valence-electron chi connectivity index (χ2n) is 2.92. The second-order valence-corrected chi connectivity index (χ2v) is 2.92. The number of ether oxygens (including phenoxy) is 2. The van der Waals surface area contributed by atoms with E-state index in [1.54, 1.807) is 13.8 Å². The van der Waals surface area contributed by atoms with Crippen LogP contribution in [0.2, 0.25) is 0 Å². The third-order valence-electron chi connectivity index (χ3n) is 1.63. The zero-order chi connectivity index (χ0) is 11.1. The maximum Gasteiger partial charge on any atom is 0.334 e. The van der Waals surface area contributed by atoms with Crippen LogP contribution in [0.5, 0.6) is 5.75 Å². The molecule has 15 heavy (non-hydrogen) atoms. The minimum atomic E-state index is -0.383. The number of esters is 1. The number of carbonyl (C=O) groups is 1. The largest absolute Gasteiger partial charge is 0.463 e. The van der Waals surface area contributed by atoms with Crippen molar-refractivity contribution in [1.82, 2.24) is 0 Å². The van der Waals surface area contributed by atoms with Crippen molar-refractivity contribution in [2.24, 2.45) is 0 Å². The highest BCUT2D eigenvalue weighted by Gasteiger charge is 1.99. The van der Waals surface area contributed by atoms with Crippen LogP contribution in [0.25, 0.3) is 0 Å². The number of hydrogen-bond acceptors (Lipinski definition) is 3. The van der Waals surface area contributed by atoms with Gasteiger partial charge < -0.3 is 9.47 Å². The quantitative estimate of drug-likeness (QED) is 0.431. The highest BCUT2D eigenvalue weighted by Crippen LogP contribution is 2.12. The van der Waals surface area contributed by atoms with Crippen LogP contribution in [0.4, 0.5) is 0 Å². The first kappa shape index (κ1) is 11.3. The molecule has 0 aliphatic rings. The van der Waals surface area contributed by atoms with Gasteiger partial charge in [-0.1, -0.05) is 18.2 Å². The number of benzene rings is 1. The predicted molar refractivity (Wildman–Crippen MR) is 57.5 cm³/mol. The lowest BCUT2D eigenvalue weighted by Gasteiger charge is -2.04. The number of carbonyl (C=O) groups excluding carboxylic acids is 1. The topological polar surface area (TPSA) is 35.5 Å². The Morgan fingerprint density at radius 3 is 2.60 bits per heavy atom. The number of rotatable bonds is 4. The first-order valence-electron chi connectivity index (χ1n) is 4.80. The summed E-state index contributed by atoms with van der Waals surface area (Å²) in [4.78, 5) is 11.1. The Morgan fingerprint density at radius 1 is 1.33 bits per heavy atom. The molecule has 0 amide bonds. The third-order valence-corrected chi connectivity index (χ3v) is 1.63. The van der Waals surface area contributed by atoms with Gasteiger partial charge in [0.1, 0.15) is 11.5 Å². The normalized spacial score (nSPS) is 10.9. The van der Waals surface area contributed by atoms with Gasteiger partial charge in [0.2, 0.25) is 0 Å². The maximum absolute atomic E-state index is 11.1. The molecule has 0 saturated heterocycles. The first-order chi connectivity index (χ1) is 7.22. The summed E-state index contributed by atoms with van der Waals surface area (Å²) in [7, 11) is 0. The Bertz CT molecular complexity index is 341. The van der Waals surface area contributed by atoms with Crippen LogP contribution in [0, 0.1) is 0 Å². The van der Waals surface area contributed by atoms with Crippen LogP contribution in [0.1, 0.15) is 13.8 Å². The Balaban J connectivity index is 2.55. The Morgan fingerprint density at radius 2 is 2.00 bits per heavy atom. The smallest absolute Gasteiger partial charge is 0.334 e. The summed E-state index contributed by atoms with van der Waals surface area (Å²) in [5, 5.41) is 0. The van der Waals surface area contributed by atoms with Gasteiger partial charge in [0, 0.05) is 0 Å². The lowest BCUT2D eigenvalue weighted by atomic mass is 10.3.